The Bertz CT molecular complexity index is 428. The fourth-order valence-corrected chi connectivity index (χ4v) is 5.99. The van der Waals surface area contributed by atoms with Gasteiger partial charge in [0.1, 0.15) is 0 Å². The molecule has 5 heteroatoms. The molecule has 0 saturated heterocycles. The van der Waals surface area contributed by atoms with E-state index in [1.807, 2.05) is 0 Å². The van der Waals surface area contributed by atoms with Gasteiger partial charge >= 0.3 is 9.28 Å². The molecule has 0 bridgehead atoms. The van der Waals surface area contributed by atoms with E-state index in [9.17, 15) is 0 Å². The van der Waals surface area contributed by atoms with Crippen molar-refractivity contribution in [3.63, 3.8) is 0 Å². The Hall–Kier alpha value is -0.626. The van der Waals surface area contributed by atoms with Gasteiger partial charge in [-0.25, -0.2) is 0 Å². The predicted octanol–water partition coefficient (Wildman–Crippen LogP) is 4.40. The Morgan fingerprint density at radius 2 is 1.59 bits per heavy atom. The van der Waals surface area contributed by atoms with Gasteiger partial charge in [0.05, 0.1) is 0 Å². The van der Waals surface area contributed by atoms with Gasteiger partial charge in [0, 0.05) is 26.5 Å². The minimum atomic E-state index is -1.60. The largest absolute Gasteiger partial charge is 0.400 e. The summed E-state index contributed by atoms with van der Waals surface area (Å²) in [5, 5.41) is 0.322. The summed E-state index contributed by atoms with van der Waals surface area (Å²) < 4.78 is 13.6. The van der Waals surface area contributed by atoms with Crippen LogP contribution in [-0.2, 0) is 8.85 Å². The first-order valence-electron chi connectivity index (χ1n) is 8.12. The molecule has 0 fully saturated rings. The van der Waals surface area contributed by atoms with Crippen molar-refractivity contribution in [1.29, 1.82) is 0 Å². The van der Waals surface area contributed by atoms with Gasteiger partial charge in [-0.15, -0.1) is 0 Å². The second-order valence-electron chi connectivity index (χ2n) is 7.34. The molecule has 1 aromatic rings. The van der Waals surface area contributed by atoms with Crippen molar-refractivity contribution in [1.82, 2.24) is 0 Å². The van der Waals surface area contributed by atoms with Crippen LogP contribution in [0.15, 0.2) is 30.3 Å². The topological polar surface area (TPSA) is 21.7 Å². The molecule has 1 aromatic carbocycles. The first-order valence-corrected chi connectivity index (χ1v) is 12.8. The molecule has 22 heavy (non-hydrogen) atoms. The van der Waals surface area contributed by atoms with E-state index in [0.29, 0.717) is 5.04 Å². The molecule has 3 nitrogen and oxygen atoms in total. The highest BCUT2D eigenvalue weighted by Gasteiger charge is 2.41. The van der Waals surface area contributed by atoms with E-state index in [1.54, 1.807) is 14.2 Å². The fourth-order valence-electron chi connectivity index (χ4n) is 2.49. The lowest BCUT2D eigenvalue weighted by atomic mass is 10.2. The first kappa shape index (κ1) is 19.4. The van der Waals surface area contributed by atoms with Crippen molar-refractivity contribution < 1.29 is 8.85 Å². The second kappa shape index (κ2) is 8.29. The maximum absolute atomic E-state index is 5.45. The van der Waals surface area contributed by atoms with Crippen LogP contribution in [0, 0.1) is 0 Å². The Kier molecular flexibility index (Phi) is 7.32. The molecule has 0 N–H and O–H groups in total. The Morgan fingerprint density at radius 1 is 1.05 bits per heavy atom. The summed E-state index contributed by atoms with van der Waals surface area (Å²) in [7, 11) is 0.482. The lowest BCUT2D eigenvalue weighted by Crippen LogP contribution is -2.55. The van der Waals surface area contributed by atoms with E-state index in [4.69, 9.17) is 8.85 Å². The zero-order chi connectivity index (χ0) is 16.8. The summed E-state index contributed by atoms with van der Waals surface area (Å²) in [6, 6.07) is 11.9. The van der Waals surface area contributed by atoms with Crippen molar-refractivity contribution in [2.45, 2.75) is 51.4 Å². The molecule has 126 valence electrons. The van der Waals surface area contributed by atoms with Gasteiger partial charge in [0.25, 0.3) is 0 Å². The molecule has 0 aromatic heterocycles. The molecule has 0 aliphatic heterocycles. The third kappa shape index (κ3) is 4.94. The zero-order valence-electron chi connectivity index (χ0n) is 15.3. The van der Waals surface area contributed by atoms with E-state index < -0.39 is 17.5 Å². The summed E-state index contributed by atoms with van der Waals surface area (Å²) in [6.45, 7) is 13.1. The van der Waals surface area contributed by atoms with Gasteiger partial charge in [0.15, 0.2) is 8.24 Å². The van der Waals surface area contributed by atoms with Crippen LogP contribution in [0.2, 0.25) is 24.2 Å². The average molecular weight is 340 g/mol. The van der Waals surface area contributed by atoms with Crippen molar-refractivity contribution >= 4 is 23.2 Å². The van der Waals surface area contributed by atoms with Crippen LogP contribution in [0.25, 0.3) is 0 Å². The van der Waals surface area contributed by atoms with E-state index in [1.165, 1.54) is 5.69 Å². The molecular weight excluding hydrogens is 306 g/mol. The molecule has 0 aliphatic rings. The quantitative estimate of drug-likeness (QED) is 0.655. The maximum atomic E-state index is 5.45. The number of rotatable bonds is 8. The maximum Gasteiger partial charge on any atom is 0.320 e. The van der Waals surface area contributed by atoms with Crippen molar-refractivity contribution in [3.8, 4) is 0 Å². The molecule has 1 rings (SSSR count). The lowest BCUT2D eigenvalue weighted by molar-refractivity contribution is 0.277. The zero-order valence-corrected chi connectivity index (χ0v) is 17.5. The van der Waals surface area contributed by atoms with Crippen LogP contribution in [-0.4, -0.2) is 38.3 Å². The van der Waals surface area contributed by atoms with Crippen LogP contribution >= 0.6 is 0 Å². The number of anilines is 1. The van der Waals surface area contributed by atoms with Gasteiger partial charge in [-0.05, 0) is 29.6 Å². The standard InChI is InChI=1S/C17H33NO2Si2/c1-17(2,3)22(6,7)18(16-12-9-8-10-13-16)14-11-15-21(19-4)20-5/h8-10,12-13,21H,11,14-15H2,1-7H3. The molecule has 0 unspecified atom stereocenters. The van der Waals surface area contributed by atoms with Crippen LogP contribution in [0.4, 0.5) is 5.69 Å². The predicted molar refractivity (Wildman–Crippen MR) is 102 cm³/mol. The van der Waals surface area contributed by atoms with Crippen molar-refractivity contribution in [3.05, 3.63) is 30.3 Å². The number of para-hydroxylation sites is 1. The Labute approximate surface area is 139 Å². The van der Waals surface area contributed by atoms with Crippen LogP contribution in [0.1, 0.15) is 27.2 Å². The summed E-state index contributed by atoms with van der Waals surface area (Å²) in [5.74, 6) is 0. The molecule has 0 spiro atoms. The molecule has 0 saturated carbocycles. The van der Waals surface area contributed by atoms with Gasteiger partial charge in [-0.3, -0.25) is 0 Å². The summed E-state index contributed by atoms with van der Waals surface area (Å²) in [5.41, 5.74) is 1.35. The van der Waals surface area contributed by atoms with Gasteiger partial charge in [-0.2, -0.15) is 0 Å². The highest BCUT2D eigenvalue weighted by Crippen LogP contribution is 2.40. The van der Waals surface area contributed by atoms with E-state index in [0.717, 1.165) is 19.0 Å². The van der Waals surface area contributed by atoms with Crippen LogP contribution < -0.4 is 4.57 Å². The SMILES string of the molecule is CO[SiH](CCCN(c1ccccc1)[Si](C)(C)C(C)(C)C)OC. The minimum Gasteiger partial charge on any atom is -0.400 e. The number of benzene rings is 1. The van der Waals surface area contributed by atoms with E-state index >= 15 is 0 Å². The van der Waals surface area contributed by atoms with Crippen LogP contribution in [0.3, 0.4) is 0 Å². The Balaban J connectivity index is 2.89. The highest BCUT2D eigenvalue weighted by molar-refractivity contribution is 6.83. The van der Waals surface area contributed by atoms with E-state index in [-0.39, 0.29) is 0 Å². The summed E-state index contributed by atoms with van der Waals surface area (Å²) >= 11 is 0. The third-order valence-corrected chi connectivity index (χ3v) is 12.4. The van der Waals surface area contributed by atoms with E-state index in [2.05, 4.69) is 68.8 Å². The van der Waals surface area contributed by atoms with Gasteiger partial charge in [0.2, 0.25) is 0 Å². The molecular formula is C17H33NO2Si2. The molecule has 0 radical (unpaired) electrons. The van der Waals surface area contributed by atoms with Gasteiger partial charge < -0.3 is 13.4 Å². The average Bonchev–Trinajstić information content (AvgIpc) is 2.47. The Morgan fingerprint density at radius 3 is 2.05 bits per heavy atom. The number of hydrogen-bond donors (Lipinski definition) is 0. The molecule has 0 aliphatic carbocycles. The van der Waals surface area contributed by atoms with Crippen molar-refractivity contribution in [2.75, 3.05) is 25.3 Å². The smallest absolute Gasteiger partial charge is 0.320 e. The second-order valence-corrected chi connectivity index (χ2v) is 14.9. The van der Waals surface area contributed by atoms with Crippen molar-refractivity contribution in [2.24, 2.45) is 0 Å². The fraction of sp³-hybridized carbons (Fsp3) is 0.647. The van der Waals surface area contributed by atoms with Gasteiger partial charge in [-0.1, -0.05) is 52.1 Å². The normalized spacial score (nSPS) is 12.7. The number of hydrogen-bond acceptors (Lipinski definition) is 3. The third-order valence-electron chi connectivity index (χ3n) is 4.93. The minimum absolute atomic E-state index is 0.322. The molecule has 0 atom stereocenters. The molecule has 0 heterocycles. The molecule has 0 amide bonds. The number of nitrogens with zero attached hydrogens (tertiary/aromatic N) is 1. The lowest BCUT2D eigenvalue weighted by Gasteiger charge is -2.47. The summed E-state index contributed by atoms with van der Waals surface area (Å²) in [4.78, 5) is 0. The first-order chi connectivity index (χ1) is 10.2. The summed E-state index contributed by atoms with van der Waals surface area (Å²) in [6.07, 6.45) is 1.12. The van der Waals surface area contributed by atoms with Crippen LogP contribution in [0.5, 0.6) is 0 Å². The monoisotopic (exact) mass is 339 g/mol. The highest BCUT2D eigenvalue weighted by atomic mass is 28.3.